The number of aliphatic imine (C=N–C) groups is 1. The molecule has 10 rings (SSSR count). The Morgan fingerprint density at radius 3 is 1.72 bits per heavy atom. The Morgan fingerprint density at radius 2 is 1.12 bits per heavy atom. The fourth-order valence-electron chi connectivity index (χ4n) is 9.25. The number of hydrogen-bond donors (Lipinski definition) is 0. The fraction of sp³-hybridized carbons (Fsp3) is 0.192. The van der Waals surface area contributed by atoms with E-state index in [-0.39, 0.29) is 17.7 Å². The van der Waals surface area contributed by atoms with Gasteiger partial charge in [-0.05, 0) is 86.6 Å². The standard InChI is InChI=1S/C52H44N6O7/c1-34-32-52(58(54-34)40-28-16-7-17-29-40)44-35(2)55-57(39-26-14-6-15-27-39)47(44)53-41-30-18-19-31-42(41)56(52)48-46(65-51(61)38-24-12-5-13-25-38)45(64-50(60)37-22-10-4-11-23-37)43(63-48)33-62-49(59)36-20-8-3-9-21-36/h3-31,43-46,48H,32-33H2,1-2H3/t43-,44?,45-,46-,48-,52?/m1/s1. The number of carbonyl (C=O) groups is 3. The van der Waals surface area contributed by atoms with E-state index in [2.05, 4.69) is 4.90 Å². The van der Waals surface area contributed by atoms with Crippen LogP contribution < -0.4 is 14.9 Å². The second-order valence-corrected chi connectivity index (χ2v) is 16.2. The van der Waals surface area contributed by atoms with Crippen molar-refractivity contribution in [3.8, 4) is 0 Å². The van der Waals surface area contributed by atoms with Crippen LogP contribution in [0.1, 0.15) is 51.3 Å². The highest BCUT2D eigenvalue weighted by Gasteiger charge is 2.65. The van der Waals surface area contributed by atoms with E-state index in [0.717, 1.165) is 22.8 Å². The van der Waals surface area contributed by atoms with Crippen molar-refractivity contribution in [2.45, 2.75) is 50.5 Å². The molecular formula is C52H44N6O7. The van der Waals surface area contributed by atoms with Crippen LogP contribution in [0.15, 0.2) is 191 Å². The average Bonchev–Trinajstić information content (AvgIpc) is 3.96. The lowest BCUT2D eigenvalue weighted by Crippen LogP contribution is -2.69. The lowest BCUT2D eigenvalue weighted by molar-refractivity contribution is -0.0463. The molecule has 1 fully saturated rings. The number of fused-ring (bicyclic) bond motifs is 3. The number of rotatable bonds is 10. The summed E-state index contributed by atoms with van der Waals surface area (Å²) in [7, 11) is 0. The summed E-state index contributed by atoms with van der Waals surface area (Å²) in [6, 6.07) is 53.1. The molecule has 4 heterocycles. The highest BCUT2D eigenvalue weighted by atomic mass is 16.7. The first kappa shape index (κ1) is 41.1. The normalized spacial score (nSPS) is 23.1. The second kappa shape index (κ2) is 17.3. The van der Waals surface area contributed by atoms with Gasteiger partial charge in [0.2, 0.25) is 0 Å². The highest BCUT2D eigenvalue weighted by Crippen LogP contribution is 2.53. The number of amidine groups is 1. The van der Waals surface area contributed by atoms with Gasteiger partial charge in [-0.2, -0.15) is 10.2 Å². The molecule has 0 radical (unpaired) electrons. The molecule has 4 aliphatic rings. The molecule has 0 N–H and O–H groups in total. The topological polar surface area (TPSA) is 135 Å². The van der Waals surface area contributed by atoms with Crippen LogP contribution in [0.5, 0.6) is 0 Å². The number of hydrazone groups is 2. The number of esters is 3. The molecular weight excluding hydrogens is 821 g/mol. The van der Waals surface area contributed by atoms with Crippen LogP contribution in [0.3, 0.4) is 0 Å². The third kappa shape index (κ3) is 7.59. The molecule has 1 spiro atoms. The van der Waals surface area contributed by atoms with Crippen LogP contribution in [0.4, 0.5) is 22.7 Å². The summed E-state index contributed by atoms with van der Waals surface area (Å²) in [6.07, 6.45) is -4.65. The number of anilines is 3. The fourth-order valence-corrected chi connectivity index (χ4v) is 9.25. The van der Waals surface area contributed by atoms with E-state index in [9.17, 15) is 14.4 Å². The number of hydrogen-bond acceptors (Lipinski definition) is 13. The Morgan fingerprint density at radius 1 is 0.615 bits per heavy atom. The van der Waals surface area contributed by atoms with Crippen molar-refractivity contribution in [3.63, 3.8) is 0 Å². The van der Waals surface area contributed by atoms with Gasteiger partial charge >= 0.3 is 17.9 Å². The predicted octanol–water partition coefficient (Wildman–Crippen LogP) is 9.06. The van der Waals surface area contributed by atoms with Gasteiger partial charge < -0.3 is 23.8 Å². The Bertz CT molecular complexity index is 2810. The molecule has 6 aromatic rings. The molecule has 1 saturated heterocycles. The van der Waals surface area contributed by atoms with Crippen LogP contribution in [-0.2, 0) is 18.9 Å². The van der Waals surface area contributed by atoms with Crippen molar-refractivity contribution < 1.29 is 33.3 Å². The summed E-state index contributed by atoms with van der Waals surface area (Å²) in [5, 5.41) is 14.3. The van der Waals surface area contributed by atoms with E-state index in [1.54, 1.807) is 91.0 Å². The maximum atomic E-state index is 14.5. The number of ether oxygens (including phenoxy) is 4. The lowest BCUT2D eigenvalue weighted by atomic mass is 9.81. The summed E-state index contributed by atoms with van der Waals surface area (Å²) in [5.74, 6) is -1.91. The minimum atomic E-state index is -1.33. The van der Waals surface area contributed by atoms with E-state index in [0.29, 0.717) is 29.2 Å². The van der Waals surface area contributed by atoms with Gasteiger partial charge in [-0.15, -0.1) is 0 Å². The molecule has 2 unspecified atom stereocenters. The SMILES string of the molecule is CC1=NN(c2ccccc2)C2(C1)C1C(C)=NN(c3ccccc3)C1=Nc1ccccc1N2[C@@H]1O[C@H](COC(=O)c2ccccc2)[C@@H](OC(=O)c2ccccc2)[C@H]1OC(=O)c1ccccc1. The molecule has 324 valence electrons. The van der Waals surface area contributed by atoms with Gasteiger partial charge in [0.25, 0.3) is 0 Å². The summed E-state index contributed by atoms with van der Waals surface area (Å²) < 4.78 is 26.3. The minimum absolute atomic E-state index is 0.271. The first-order chi connectivity index (χ1) is 31.8. The van der Waals surface area contributed by atoms with Crippen LogP contribution >= 0.6 is 0 Å². The van der Waals surface area contributed by atoms with Crippen molar-refractivity contribution in [1.82, 2.24) is 0 Å². The predicted molar refractivity (Wildman–Crippen MR) is 248 cm³/mol. The molecule has 4 aliphatic heterocycles. The number of para-hydroxylation sites is 4. The van der Waals surface area contributed by atoms with E-state index in [1.807, 2.05) is 109 Å². The second-order valence-electron chi connectivity index (χ2n) is 16.2. The maximum Gasteiger partial charge on any atom is 0.338 e. The lowest BCUT2D eigenvalue weighted by Gasteiger charge is -2.52. The molecule has 6 aromatic carbocycles. The van der Waals surface area contributed by atoms with Crippen molar-refractivity contribution in [2.75, 3.05) is 21.5 Å². The molecule has 13 nitrogen and oxygen atoms in total. The number of carbonyl (C=O) groups excluding carboxylic acids is 3. The van der Waals surface area contributed by atoms with Gasteiger partial charge in [-0.25, -0.2) is 29.4 Å². The molecule has 0 aliphatic carbocycles. The Hall–Kier alpha value is -7.90. The van der Waals surface area contributed by atoms with Crippen LogP contribution in [0.25, 0.3) is 0 Å². The molecule has 6 atom stereocenters. The Labute approximate surface area is 375 Å². The zero-order valence-electron chi connectivity index (χ0n) is 35.6. The van der Waals surface area contributed by atoms with Gasteiger partial charge in [-0.3, -0.25) is 0 Å². The van der Waals surface area contributed by atoms with Gasteiger partial charge in [0.05, 0.1) is 45.2 Å². The smallest absolute Gasteiger partial charge is 0.338 e. The van der Waals surface area contributed by atoms with Gasteiger partial charge in [0.15, 0.2) is 24.1 Å². The summed E-state index contributed by atoms with van der Waals surface area (Å²) >= 11 is 0. The van der Waals surface area contributed by atoms with E-state index in [1.165, 1.54) is 0 Å². The average molecular weight is 865 g/mol. The van der Waals surface area contributed by atoms with Gasteiger partial charge in [0.1, 0.15) is 24.5 Å². The molecule has 0 bridgehead atoms. The van der Waals surface area contributed by atoms with Gasteiger partial charge in [-0.1, -0.05) is 103 Å². The van der Waals surface area contributed by atoms with E-state index >= 15 is 0 Å². The first-order valence-electron chi connectivity index (χ1n) is 21.5. The van der Waals surface area contributed by atoms with Crippen molar-refractivity contribution in [1.29, 1.82) is 0 Å². The quantitative estimate of drug-likeness (QED) is 0.0970. The third-order valence-electron chi connectivity index (χ3n) is 12.0. The number of benzene rings is 6. The molecule has 65 heavy (non-hydrogen) atoms. The zero-order chi connectivity index (χ0) is 44.5. The van der Waals surface area contributed by atoms with Crippen molar-refractivity contribution in [2.24, 2.45) is 21.1 Å². The molecule has 13 heteroatoms. The van der Waals surface area contributed by atoms with Gasteiger partial charge in [0, 0.05) is 12.1 Å². The Kier molecular flexibility index (Phi) is 11.0. The first-order valence-corrected chi connectivity index (χ1v) is 21.5. The van der Waals surface area contributed by atoms with Crippen molar-refractivity contribution >= 4 is 57.9 Å². The minimum Gasteiger partial charge on any atom is -0.459 e. The highest BCUT2D eigenvalue weighted by molar-refractivity contribution is 6.21. The summed E-state index contributed by atoms with van der Waals surface area (Å²) in [5.41, 5.74) is 3.99. The Balaban J connectivity index is 1.18. The van der Waals surface area contributed by atoms with E-state index < -0.39 is 54.0 Å². The van der Waals surface area contributed by atoms with Crippen LogP contribution in [-0.4, -0.2) is 72.0 Å². The zero-order valence-corrected chi connectivity index (χ0v) is 35.6. The number of nitrogens with zero attached hydrogens (tertiary/aromatic N) is 6. The summed E-state index contributed by atoms with van der Waals surface area (Å²) in [6.45, 7) is 3.60. The van der Waals surface area contributed by atoms with Crippen LogP contribution in [0, 0.1) is 5.92 Å². The molecule has 0 aromatic heterocycles. The molecule has 0 amide bonds. The maximum absolute atomic E-state index is 14.5. The monoisotopic (exact) mass is 864 g/mol. The third-order valence-corrected chi connectivity index (χ3v) is 12.0. The van der Waals surface area contributed by atoms with Crippen LogP contribution in [0.2, 0.25) is 0 Å². The largest absolute Gasteiger partial charge is 0.459 e. The summed E-state index contributed by atoms with van der Waals surface area (Å²) in [4.78, 5) is 49.8. The van der Waals surface area contributed by atoms with E-state index in [4.69, 9.17) is 34.1 Å². The molecule has 0 saturated carbocycles. The van der Waals surface area contributed by atoms with Crippen molar-refractivity contribution in [3.05, 3.63) is 193 Å².